The van der Waals surface area contributed by atoms with Crippen molar-refractivity contribution in [2.24, 2.45) is 5.16 Å². The molecule has 1 unspecified atom stereocenters. The van der Waals surface area contributed by atoms with Crippen LogP contribution >= 0.6 is 11.3 Å². The van der Waals surface area contributed by atoms with Crippen LogP contribution < -0.4 is 10.6 Å². The van der Waals surface area contributed by atoms with E-state index in [1.54, 1.807) is 0 Å². The number of carbonyl (C=O) groups is 3. The van der Waals surface area contributed by atoms with Crippen LogP contribution in [0.5, 0.6) is 0 Å². The summed E-state index contributed by atoms with van der Waals surface area (Å²) in [6.45, 7) is 1.96. The first kappa shape index (κ1) is 32.3. The van der Waals surface area contributed by atoms with Gasteiger partial charge in [-0.15, -0.1) is 11.3 Å². The highest BCUT2D eigenvalue weighted by atomic mass is 32.2. The minimum atomic E-state index is -4.79. The second-order valence-corrected chi connectivity index (χ2v) is 12.9. The highest BCUT2D eigenvalue weighted by Gasteiger charge is 2.45. The lowest BCUT2D eigenvalue weighted by molar-refractivity contribution is -0.161. The van der Waals surface area contributed by atoms with Gasteiger partial charge < -0.3 is 20.6 Å². The summed E-state index contributed by atoms with van der Waals surface area (Å²) >= 11 is 1.15. The summed E-state index contributed by atoms with van der Waals surface area (Å²) in [5.41, 5.74) is -0.552. The third kappa shape index (κ3) is 6.47. The summed E-state index contributed by atoms with van der Waals surface area (Å²) in [6.07, 6.45) is 0. The van der Waals surface area contributed by atoms with Crippen molar-refractivity contribution in [1.29, 1.82) is 0 Å². The molecule has 1 atom stereocenters. The molecule has 1 saturated heterocycles. The summed E-state index contributed by atoms with van der Waals surface area (Å²) in [4.78, 5) is 47.2. The van der Waals surface area contributed by atoms with Gasteiger partial charge in [0.2, 0.25) is 5.60 Å². The molecule has 0 aliphatic carbocycles. The SMILES string of the molecule is CC(C)(O/N=C(\C(=O)NC1CN(S(=O)(=O)O)C1=O)c1csc(NC(c2ccccc2)(c2ccccc2)c2ccccc2)n1)C(=O)O. The van der Waals surface area contributed by atoms with Crippen LogP contribution in [0.15, 0.2) is 102 Å². The predicted octanol–water partition coefficient (Wildman–Crippen LogP) is 3.26. The van der Waals surface area contributed by atoms with Gasteiger partial charge >= 0.3 is 16.3 Å². The molecule has 15 heteroatoms. The van der Waals surface area contributed by atoms with Crippen molar-refractivity contribution in [2.75, 3.05) is 11.9 Å². The van der Waals surface area contributed by atoms with E-state index in [-0.39, 0.29) is 10.00 Å². The number of aliphatic carboxylic acids is 1. The minimum Gasteiger partial charge on any atom is -0.478 e. The van der Waals surface area contributed by atoms with Crippen molar-refractivity contribution in [2.45, 2.75) is 31.0 Å². The Morgan fingerprint density at radius 3 is 1.89 bits per heavy atom. The third-order valence-electron chi connectivity index (χ3n) is 7.23. The molecule has 238 valence electrons. The molecule has 3 aromatic carbocycles. The van der Waals surface area contributed by atoms with E-state index in [9.17, 15) is 27.9 Å². The molecule has 1 aliphatic heterocycles. The molecule has 46 heavy (non-hydrogen) atoms. The highest BCUT2D eigenvalue weighted by molar-refractivity contribution is 7.84. The van der Waals surface area contributed by atoms with Crippen LogP contribution in [-0.4, -0.2) is 69.0 Å². The molecule has 0 radical (unpaired) electrons. The van der Waals surface area contributed by atoms with Crippen molar-refractivity contribution in [3.05, 3.63) is 119 Å². The lowest BCUT2D eigenvalue weighted by Crippen LogP contribution is -2.65. The Hall–Kier alpha value is -5.12. The number of carbonyl (C=O) groups excluding carboxylic acids is 2. The summed E-state index contributed by atoms with van der Waals surface area (Å²) < 4.78 is 32.0. The molecular formula is C31H29N5O8S2. The number of anilines is 1. The van der Waals surface area contributed by atoms with E-state index in [1.807, 2.05) is 91.0 Å². The number of amides is 2. The number of hydrogen-bond donors (Lipinski definition) is 4. The number of hydrogen-bond acceptors (Lipinski definition) is 10. The molecule has 0 spiro atoms. The number of benzene rings is 3. The first-order chi connectivity index (χ1) is 21.8. The molecule has 4 aromatic rings. The van der Waals surface area contributed by atoms with Gasteiger partial charge in [-0.25, -0.2) is 14.1 Å². The highest BCUT2D eigenvalue weighted by Crippen LogP contribution is 2.40. The van der Waals surface area contributed by atoms with Gasteiger partial charge in [-0.1, -0.05) is 96.2 Å². The number of thiazole rings is 1. The molecule has 2 heterocycles. The molecular weight excluding hydrogens is 635 g/mol. The number of nitrogens with one attached hydrogen (secondary N) is 2. The lowest BCUT2D eigenvalue weighted by Gasteiger charge is -2.36. The Morgan fingerprint density at radius 1 is 0.957 bits per heavy atom. The average Bonchev–Trinajstić information content (AvgIpc) is 3.50. The van der Waals surface area contributed by atoms with Crippen molar-refractivity contribution in [3.63, 3.8) is 0 Å². The van der Waals surface area contributed by atoms with Gasteiger partial charge in [0.15, 0.2) is 10.8 Å². The summed E-state index contributed by atoms with van der Waals surface area (Å²) in [5, 5.41) is 21.1. The van der Waals surface area contributed by atoms with E-state index >= 15 is 0 Å². The zero-order valence-electron chi connectivity index (χ0n) is 24.5. The van der Waals surface area contributed by atoms with Crippen LogP contribution in [0.1, 0.15) is 36.2 Å². The maximum Gasteiger partial charge on any atom is 0.362 e. The molecule has 1 aliphatic rings. The normalized spacial score (nSPS) is 15.5. The number of carboxylic acids is 1. The van der Waals surface area contributed by atoms with E-state index in [1.165, 1.54) is 19.2 Å². The van der Waals surface area contributed by atoms with Gasteiger partial charge in [-0.3, -0.25) is 14.1 Å². The molecule has 4 N–H and O–H groups in total. The number of carboxylic acid groups (broad SMARTS) is 1. The molecule has 2 amide bonds. The summed E-state index contributed by atoms with van der Waals surface area (Å²) in [6, 6.07) is 27.9. The monoisotopic (exact) mass is 663 g/mol. The largest absolute Gasteiger partial charge is 0.478 e. The molecule has 0 bridgehead atoms. The van der Waals surface area contributed by atoms with E-state index in [0.29, 0.717) is 5.13 Å². The Bertz CT molecular complexity index is 1780. The zero-order chi connectivity index (χ0) is 33.1. The standard InChI is InChI=1S/C31H29N5O8S2/c1-30(2,28(39)40)44-35-25(26(37)32-23-18-36(27(23)38)46(41,42)43)24-19-45-29(33-24)34-31(20-12-6-3-7-13-20,21-14-8-4-9-15-21)22-16-10-5-11-17-22/h3-17,19,23H,18H2,1-2H3,(H,32,37)(H,33,34)(H,39,40)(H,41,42,43)/b35-25-. The fraction of sp³-hybridized carbons (Fsp3) is 0.194. The maximum absolute atomic E-state index is 13.4. The van der Waals surface area contributed by atoms with Crippen LogP contribution in [-0.2, 0) is 35.1 Å². The van der Waals surface area contributed by atoms with Crippen molar-refractivity contribution < 1.29 is 37.3 Å². The van der Waals surface area contributed by atoms with Gasteiger partial charge in [-0.2, -0.15) is 8.42 Å². The fourth-order valence-electron chi connectivity index (χ4n) is 4.72. The Labute approximate surface area is 268 Å². The lowest BCUT2D eigenvalue weighted by atomic mass is 9.77. The zero-order valence-corrected chi connectivity index (χ0v) is 26.2. The van der Waals surface area contributed by atoms with E-state index < -0.39 is 57.5 Å². The van der Waals surface area contributed by atoms with Crippen molar-refractivity contribution in [3.8, 4) is 0 Å². The maximum atomic E-state index is 13.4. The van der Waals surface area contributed by atoms with Crippen LogP contribution in [0.2, 0.25) is 0 Å². The third-order valence-corrected chi connectivity index (χ3v) is 8.88. The Kier molecular flexibility index (Phi) is 8.92. The molecule has 13 nitrogen and oxygen atoms in total. The second-order valence-electron chi connectivity index (χ2n) is 10.7. The van der Waals surface area contributed by atoms with Gasteiger partial charge in [0.1, 0.15) is 17.3 Å². The quantitative estimate of drug-likeness (QED) is 0.0576. The van der Waals surface area contributed by atoms with Crippen molar-refractivity contribution in [1.82, 2.24) is 14.6 Å². The van der Waals surface area contributed by atoms with Gasteiger partial charge in [0.05, 0.1) is 6.54 Å². The van der Waals surface area contributed by atoms with Gasteiger partial charge in [0, 0.05) is 5.38 Å². The number of oxime groups is 1. The molecule has 5 rings (SSSR count). The molecule has 1 aromatic heterocycles. The Morgan fingerprint density at radius 2 is 1.46 bits per heavy atom. The topological polar surface area (TPSA) is 188 Å². The first-order valence-corrected chi connectivity index (χ1v) is 16.1. The van der Waals surface area contributed by atoms with E-state index in [0.717, 1.165) is 28.0 Å². The van der Waals surface area contributed by atoms with Crippen LogP contribution in [0.3, 0.4) is 0 Å². The minimum absolute atomic E-state index is 0.00678. The van der Waals surface area contributed by atoms with Crippen LogP contribution in [0, 0.1) is 0 Å². The number of aromatic nitrogens is 1. The number of β-lactam (4-membered cyclic amide) rings is 1. The van der Waals surface area contributed by atoms with E-state index in [4.69, 9.17) is 9.39 Å². The van der Waals surface area contributed by atoms with Crippen molar-refractivity contribution >= 4 is 50.3 Å². The number of rotatable bonds is 12. The summed E-state index contributed by atoms with van der Waals surface area (Å²) in [5.74, 6) is -3.39. The second kappa shape index (κ2) is 12.7. The average molecular weight is 664 g/mol. The molecule has 1 fully saturated rings. The summed E-state index contributed by atoms with van der Waals surface area (Å²) in [7, 11) is -4.79. The Balaban J connectivity index is 1.54. The first-order valence-electron chi connectivity index (χ1n) is 13.8. The predicted molar refractivity (Wildman–Crippen MR) is 169 cm³/mol. The van der Waals surface area contributed by atoms with Crippen LogP contribution in [0.25, 0.3) is 0 Å². The molecule has 0 saturated carbocycles. The van der Waals surface area contributed by atoms with Crippen LogP contribution in [0.4, 0.5) is 5.13 Å². The number of nitrogens with zero attached hydrogens (tertiary/aromatic N) is 3. The van der Waals surface area contributed by atoms with Gasteiger partial charge in [-0.05, 0) is 30.5 Å². The van der Waals surface area contributed by atoms with Gasteiger partial charge in [0.25, 0.3) is 11.8 Å². The van der Waals surface area contributed by atoms with E-state index in [2.05, 4.69) is 20.8 Å². The fourth-order valence-corrected chi connectivity index (χ4v) is 6.16. The smallest absolute Gasteiger partial charge is 0.362 e.